The molecule has 0 saturated carbocycles. The number of aromatic carboxylic acids is 1. The zero-order chi connectivity index (χ0) is 15.7. The smallest absolute Gasteiger partial charge is 0.417 e. The minimum atomic E-state index is -4.89. The van der Waals surface area contributed by atoms with E-state index in [4.69, 9.17) is 5.11 Å². The predicted molar refractivity (Wildman–Crippen MR) is 57.7 cm³/mol. The number of hydrogen-bond acceptors (Lipinski definition) is 2. The van der Waals surface area contributed by atoms with Gasteiger partial charge in [0, 0.05) is 12.7 Å². The Morgan fingerprint density at radius 1 is 1.20 bits per heavy atom. The number of rotatable bonds is 3. The molecule has 20 heavy (non-hydrogen) atoms. The van der Waals surface area contributed by atoms with E-state index in [9.17, 15) is 31.1 Å². The van der Waals surface area contributed by atoms with E-state index >= 15 is 0 Å². The van der Waals surface area contributed by atoms with Gasteiger partial charge in [-0.2, -0.15) is 26.3 Å². The average Bonchev–Trinajstić information content (AvgIpc) is 2.24. The van der Waals surface area contributed by atoms with Gasteiger partial charge in [-0.05, 0) is 18.2 Å². The molecule has 0 aliphatic carbocycles. The van der Waals surface area contributed by atoms with Crippen molar-refractivity contribution in [2.24, 2.45) is 0 Å². The second kappa shape index (κ2) is 5.22. The van der Waals surface area contributed by atoms with Crippen molar-refractivity contribution in [1.29, 1.82) is 0 Å². The van der Waals surface area contributed by atoms with Crippen molar-refractivity contribution in [2.75, 3.05) is 18.5 Å². The molecule has 1 aromatic carbocycles. The summed E-state index contributed by atoms with van der Waals surface area (Å²) < 4.78 is 74.2. The van der Waals surface area contributed by atoms with E-state index < -0.39 is 36.0 Å². The molecule has 0 bridgehead atoms. The Balaban J connectivity index is 3.21. The fourth-order valence-corrected chi connectivity index (χ4v) is 1.55. The van der Waals surface area contributed by atoms with E-state index in [0.717, 1.165) is 13.1 Å². The Bertz CT molecular complexity index is 509. The maximum Gasteiger partial charge on any atom is 0.417 e. The summed E-state index contributed by atoms with van der Waals surface area (Å²) in [6.45, 7) is -1.41. The van der Waals surface area contributed by atoms with Crippen LogP contribution in [0.25, 0.3) is 0 Å². The third kappa shape index (κ3) is 4.04. The molecule has 0 saturated heterocycles. The number of carboxylic acid groups (broad SMARTS) is 1. The maximum atomic E-state index is 12.6. The van der Waals surface area contributed by atoms with Crippen molar-refractivity contribution < 1.29 is 36.2 Å². The number of anilines is 1. The third-order valence-corrected chi connectivity index (χ3v) is 2.40. The van der Waals surface area contributed by atoms with Gasteiger partial charge < -0.3 is 10.0 Å². The van der Waals surface area contributed by atoms with Gasteiger partial charge >= 0.3 is 18.3 Å². The van der Waals surface area contributed by atoms with Crippen molar-refractivity contribution in [1.82, 2.24) is 0 Å². The number of halogens is 6. The highest BCUT2D eigenvalue weighted by atomic mass is 19.4. The van der Waals surface area contributed by atoms with E-state index in [1.165, 1.54) is 0 Å². The molecular weight excluding hydrogens is 292 g/mol. The first-order chi connectivity index (χ1) is 8.92. The van der Waals surface area contributed by atoms with Gasteiger partial charge in [0.2, 0.25) is 0 Å². The first kappa shape index (κ1) is 16.1. The number of benzene rings is 1. The van der Waals surface area contributed by atoms with Crippen LogP contribution in [0.1, 0.15) is 15.9 Å². The molecule has 1 aromatic rings. The van der Waals surface area contributed by atoms with Crippen LogP contribution in [-0.2, 0) is 6.18 Å². The molecule has 0 aromatic heterocycles. The summed E-state index contributed by atoms with van der Waals surface area (Å²) in [7, 11) is 1.00. The summed E-state index contributed by atoms with van der Waals surface area (Å²) >= 11 is 0. The molecule has 0 amide bonds. The lowest BCUT2D eigenvalue weighted by Gasteiger charge is -2.22. The first-order valence-corrected chi connectivity index (χ1v) is 5.14. The molecule has 0 heterocycles. The zero-order valence-electron chi connectivity index (χ0n) is 10.0. The summed E-state index contributed by atoms with van der Waals surface area (Å²) in [6, 6.07) is 1.81. The zero-order valence-corrected chi connectivity index (χ0v) is 10.0. The lowest BCUT2D eigenvalue weighted by molar-refractivity contribution is -0.138. The molecule has 0 spiro atoms. The number of carboxylic acids is 1. The molecule has 0 aliphatic heterocycles. The van der Waals surface area contributed by atoms with Crippen LogP contribution < -0.4 is 4.90 Å². The van der Waals surface area contributed by atoms with Crippen molar-refractivity contribution in [3.8, 4) is 0 Å². The summed E-state index contributed by atoms with van der Waals surface area (Å²) in [5, 5.41) is 8.73. The fraction of sp³-hybridized carbons (Fsp3) is 0.364. The average molecular weight is 301 g/mol. The molecule has 1 N–H and O–H groups in total. The minimum Gasteiger partial charge on any atom is -0.478 e. The highest BCUT2D eigenvalue weighted by Crippen LogP contribution is 2.34. The van der Waals surface area contributed by atoms with Gasteiger partial charge in [0.25, 0.3) is 0 Å². The lowest BCUT2D eigenvalue weighted by atomic mass is 10.1. The molecule has 1 rings (SSSR count). The number of nitrogens with zero attached hydrogens (tertiary/aromatic N) is 1. The highest BCUT2D eigenvalue weighted by Gasteiger charge is 2.36. The van der Waals surface area contributed by atoms with Gasteiger partial charge in [-0.1, -0.05) is 0 Å². The van der Waals surface area contributed by atoms with Gasteiger partial charge in [-0.15, -0.1) is 0 Å². The minimum absolute atomic E-state index is 0.271. The SMILES string of the molecule is CN(CC(F)(F)F)c1ccc(C(F)(F)F)c(C(=O)O)c1. The summed E-state index contributed by atoms with van der Waals surface area (Å²) in [4.78, 5) is 11.4. The van der Waals surface area contributed by atoms with Crippen LogP contribution in [0.15, 0.2) is 18.2 Å². The van der Waals surface area contributed by atoms with Crippen molar-refractivity contribution in [2.45, 2.75) is 12.4 Å². The molecule has 0 atom stereocenters. The van der Waals surface area contributed by atoms with Crippen LogP contribution in [0.3, 0.4) is 0 Å². The molecule has 0 radical (unpaired) electrons. The Morgan fingerprint density at radius 3 is 2.15 bits per heavy atom. The molecule has 9 heteroatoms. The summed E-state index contributed by atoms with van der Waals surface area (Å²) in [5.74, 6) is -1.86. The van der Waals surface area contributed by atoms with Crippen molar-refractivity contribution >= 4 is 11.7 Å². The Hall–Kier alpha value is -1.93. The van der Waals surface area contributed by atoms with Crippen molar-refractivity contribution in [3.05, 3.63) is 29.3 Å². The number of hydrogen-bond donors (Lipinski definition) is 1. The van der Waals surface area contributed by atoms with Gasteiger partial charge in [-0.25, -0.2) is 4.79 Å². The van der Waals surface area contributed by atoms with Crippen LogP contribution in [0, 0.1) is 0 Å². The summed E-state index contributed by atoms with van der Waals surface area (Å²) in [5.41, 5.74) is -2.77. The lowest BCUT2D eigenvalue weighted by Crippen LogP contribution is -2.31. The van der Waals surface area contributed by atoms with Gasteiger partial charge in [0.15, 0.2) is 0 Å². The van der Waals surface area contributed by atoms with Gasteiger partial charge in [-0.3, -0.25) is 0 Å². The molecule has 0 fully saturated rings. The Labute approximate surface area is 109 Å². The largest absolute Gasteiger partial charge is 0.478 e. The topological polar surface area (TPSA) is 40.5 Å². The van der Waals surface area contributed by atoms with E-state index in [-0.39, 0.29) is 5.69 Å². The molecule has 0 aliphatic rings. The van der Waals surface area contributed by atoms with E-state index in [1.807, 2.05) is 0 Å². The second-order valence-electron chi connectivity index (χ2n) is 4.00. The highest BCUT2D eigenvalue weighted by molar-refractivity contribution is 5.91. The molecule has 0 unspecified atom stereocenters. The van der Waals surface area contributed by atoms with Crippen LogP contribution in [0.5, 0.6) is 0 Å². The maximum absolute atomic E-state index is 12.6. The van der Waals surface area contributed by atoms with Crippen LogP contribution in [0.4, 0.5) is 32.0 Å². The third-order valence-electron chi connectivity index (χ3n) is 2.40. The first-order valence-electron chi connectivity index (χ1n) is 5.14. The normalized spacial score (nSPS) is 12.3. The second-order valence-corrected chi connectivity index (χ2v) is 4.00. The van der Waals surface area contributed by atoms with Crippen molar-refractivity contribution in [3.63, 3.8) is 0 Å². The van der Waals surface area contributed by atoms with E-state index in [0.29, 0.717) is 17.0 Å². The Morgan fingerprint density at radius 2 is 1.75 bits per heavy atom. The fourth-order valence-electron chi connectivity index (χ4n) is 1.55. The van der Waals surface area contributed by atoms with E-state index in [2.05, 4.69) is 0 Å². The molecule has 3 nitrogen and oxygen atoms in total. The predicted octanol–water partition coefficient (Wildman–Crippen LogP) is 3.40. The molecular formula is C11H9F6NO2. The Kier molecular flexibility index (Phi) is 4.21. The summed E-state index contributed by atoms with van der Waals surface area (Å²) in [6.07, 6.45) is -9.45. The van der Waals surface area contributed by atoms with Crippen LogP contribution >= 0.6 is 0 Å². The standard InChI is InChI=1S/C11H9F6NO2/c1-18(5-10(12,13)14)6-2-3-8(11(15,16)17)7(4-6)9(19)20/h2-4H,5H2,1H3,(H,19,20). The molecule has 112 valence electrons. The van der Waals surface area contributed by atoms with Gasteiger partial charge in [0.1, 0.15) is 6.54 Å². The quantitative estimate of drug-likeness (QED) is 0.870. The number of carbonyl (C=O) groups is 1. The van der Waals surface area contributed by atoms with Crippen LogP contribution in [0.2, 0.25) is 0 Å². The number of alkyl halides is 6. The van der Waals surface area contributed by atoms with Gasteiger partial charge in [0.05, 0.1) is 11.1 Å². The monoisotopic (exact) mass is 301 g/mol. The van der Waals surface area contributed by atoms with E-state index in [1.54, 1.807) is 0 Å². The van der Waals surface area contributed by atoms with Crippen LogP contribution in [-0.4, -0.2) is 30.8 Å².